The SMILES string of the molecule is NCc1cc(Br)ccc1N1CCN(c2ccccc2)CC1. The van der Waals surface area contributed by atoms with Gasteiger partial charge in [0.05, 0.1) is 0 Å². The van der Waals surface area contributed by atoms with Gasteiger partial charge in [-0.15, -0.1) is 0 Å². The number of para-hydroxylation sites is 1. The summed E-state index contributed by atoms with van der Waals surface area (Å²) in [6, 6.07) is 17.0. The first kappa shape index (κ1) is 14.4. The number of rotatable bonds is 3. The van der Waals surface area contributed by atoms with Crippen molar-refractivity contribution in [3.63, 3.8) is 0 Å². The van der Waals surface area contributed by atoms with Crippen LogP contribution >= 0.6 is 15.9 Å². The summed E-state index contributed by atoms with van der Waals surface area (Å²) in [7, 11) is 0. The molecule has 1 heterocycles. The normalized spacial score (nSPS) is 15.3. The highest BCUT2D eigenvalue weighted by molar-refractivity contribution is 9.10. The van der Waals surface area contributed by atoms with Gasteiger partial charge in [-0.2, -0.15) is 0 Å². The number of nitrogens with zero attached hydrogens (tertiary/aromatic N) is 2. The highest BCUT2D eigenvalue weighted by Crippen LogP contribution is 2.26. The predicted octanol–water partition coefficient (Wildman–Crippen LogP) is 3.23. The maximum Gasteiger partial charge on any atom is 0.0413 e. The molecule has 3 rings (SSSR count). The summed E-state index contributed by atoms with van der Waals surface area (Å²) in [6.45, 7) is 4.73. The van der Waals surface area contributed by atoms with Crippen molar-refractivity contribution in [2.24, 2.45) is 5.73 Å². The highest BCUT2D eigenvalue weighted by Gasteiger charge is 2.19. The quantitative estimate of drug-likeness (QED) is 0.926. The standard InChI is InChI=1S/C17H20BrN3/c18-15-6-7-17(14(12-15)13-19)21-10-8-20(9-11-21)16-4-2-1-3-5-16/h1-7,12H,8-11,13,19H2. The fraction of sp³-hybridized carbons (Fsp3) is 0.294. The van der Waals surface area contributed by atoms with Crippen LogP contribution in [0.1, 0.15) is 5.56 Å². The molecule has 0 amide bonds. The molecule has 0 aliphatic carbocycles. The first-order chi connectivity index (χ1) is 10.3. The van der Waals surface area contributed by atoms with E-state index in [1.54, 1.807) is 0 Å². The van der Waals surface area contributed by atoms with Gasteiger partial charge in [0.15, 0.2) is 0 Å². The van der Waals surface area contributed by atoms with Crippen LogP contribution in [0.4, 0.5) is 11.4 Å². The molecular weight excluding hydrogens is 326 g/mol. The van der Waals surface area contributed by atoms with E-state index in [1.165, 1.54) is 16.9 Å². The Morgan fingerprint density at radius 2 is 1.57 bits per heavy atom. The van der Waals surface area contributed by atoms with Crippen molar-refractivity contribution in [1.29, 1.82) is 0 Å². The Morgan fingerprint density at radius 1 is 0.905 bits per heavy atom. The van der Waals surface area contributed by atoms with E-state index in [9.17, 15) is 0 Å². The fourth-order valence-corrected chi connectivity index (χ4v) is 3.28. The molecule has 0 spiro atoms. The monoisotopic (exact) mass is 345 g/mol. The van der Waals surface area contributed by atoms with Crippen LogP contribution in [0, 0.1) is 0 Å². The highest BCUT2D eigenvalue weighted by atomic mass is 79.9. The van der Waals surface area contributed by atoms with E-state index in [0.29, 0.717) is 6.54 Å². The van der Waals surface area contributed by atoms with E-state index in [1.807, 2.05) is 0 Å². The molecule has 0 radical (unpaired) electrons. The Labute approximate surface area is 134 Å². The van der Waals surface area contributed by atoms with Crippen molar-refractivity contribution in [3.8, 4) is 0 Å². The van der Waals surface area contributed by atoms with Gasteiger partial charge in [0.1, 0.15) is 0 Å². The molecule has 2 aromatic rings. The Bertz CT molecular complexity index is 592. The number of benzene rings is 2. The number of hydrogen-bond acceptors (Lipinski definition) is 3. The van der Waals surface area contributed by atoms with E-state index in [4.69, 9.17) is 5.73 Å². The van der Waals surface area contributed by atoms with Gasteiger partial charge in [-0.25, -0.2) is 0 Å². The molecular formula is C17H20BrN3. The van der Waals surface area contributed by atoms with Gasteiger partial charge < -0.3 is 15.5 Å². The number of hydrogen-bond donors (Lipinski definition) is 1. The first-order valence-electron chi connectivity index (χ1n) is 7.31. The van der Waals surface area contributed by atoms with E-state index in [-0.39, 0.29) is 0 Å². The Morgan fingerprint density at radius 3 is 2.24 bits per heavy atom. The zero-order valence-corrected chi connectivity index (χ0v) is 13.6. The van der Waals surface area contributed by atoms with Crippen LogP contribution < -0.4 is 15.5 Å². The van der Waals surface area contributed by atoms with Crippen molar-refractivity contribution < 1.29 is 0 Å². The maximum absolute atomic E-state index is 5.89. The third kappa shape index (κ3) is 3.22. The second-order valence-corrected chi connectivity index (χ2v) is 6.20. The van der Waals surface area contributed by atoms with Crippen molar-refractivity contribution in [2.75, 3.05) is 36.0 Å². The van der Waals surface area contributed by atoms with Crippen molar-refractivity contribution in [3.05, 3.63) is 58.6 Å². The van der Waals surface area contributed by atoms with Gasteiger partial charge in [-0.3, -0.25) is 0 Å². The van der Waals surface area contributed by atoms with Crippen LogP contribution in [0.3, 0.4) is 0 Å². The van der Waals surface area contributed by atoms with Gasteiger partial charge in [0.25, 0.3) is 0 Å². The molecule has 0 atom stereocenters. The lowest BCUT2D eigenvalue weighted by Crippen LogP contribution is -2.46. The molecule has 0 bridgehead atoms. The molecule has 0 aromatic heterocycles. The lowest BCUT2D eigenvalue weighted by atomic mass is 10.1. The molecule has 0 unspecified atom stereocenters. The van der Waals surface area contributed by atoms with Gasteiger partial charge in [0.2, 0.25) is 0 Å². The fourth-order valence-electron chi connectivity index (χ4n) is 2.87. The van der Waals surface area contributed by atoms with Gasteiger partial charge in [-0.1, -0.05) is 34.1 Å². The molecule has 4 heteroatoms. The van der Waals surface area contributed by atoms with Crippen molar-refractivity contribution >= 4 is 27.3 Å². The number of piperazine rings is 1. The molecule has 0 saturated carbocycles. The van der Waals surface area contributed by atoms with Crippen LogP contribution in [0.2, 0.25) is 0 Å². The summed E-state index contributed by atoms with van der Waals surface area (Å²) in [4.78, 5) is 4.88. The summed E-state index contributed by atoms with van der Waals surface area (Å²) in [6.07, 6.45) is 0. The van der Waals surface area contributed by atoms with E-state index in [0.717, 1.165) is 30.7 Å². The number of anilines is 2. The molecule has 1 aliphatic heterocycles. The third-order valence-electron chi connectivity index (χ3n) is 4.00. The molecule has 21 heavy (non-hydrogen) atoms. The zero-order valence-electron chi connectivity index (χ0n) is 12.0. The predicted molar refractivity (Wildman–Crippen MR) is 92.9 cm³/mol. The summed E-state index contributed by atoms with van der Waals surface area (Å²) in [5, 5.41) is 0. The van der Waals surface area contributed by atoms with Crippen molar-refractivity contribution in [2.45, 2.75) is 6.54 Å². The third-order valence-corrected chi connectivity index (χ3v) is 4.50. The van der Waals surface area contributed by atoms with Gasteiger partial charge in [-0.05, 0) is 35.9 Å². The molecule has 1 saturated heterocycles. The molecule has 1 fully saturated rings. The Kier molecular flexibility index (Phi) is 4.46. The van der Waals surface area contributed by atoms with Crippen LogP contribution in [-0.2, 0) is 6.54 Å². The first-order valence-corrected chi connectivity index (χ1v) is 8.10. The summed E-state index contributed by atoms with van der Waals surface area (Å²) in [5.41, 5.74) is 9.68. The van der Waals surface area contributed by atoms with Gasteiger partial charge in [0, 0.05) is 48.6 Å². The lowest BCUT2D eigenvalue weighted by Gasteiger charge is -2.38. The molecule has 2 N–H and O–H groups in total. The van der Waals surface area contributed by atoms with Crippen LogP contribution in [-0.4, -0.2) is 26.2 Å². The molecule has 1 aliphatic rings. The smallest absolute Gasteiger partial charge is 0.0413 e. The van der Waals surface area contributed by atoms with Crippen LogP contribution in [0.25, 0.3) is 0 Å². The Balaban J connectivity index is 1.71. The Hall–Kier alpha value is -1.52. The maximum atomic E-state index is 5.89. The van der Waals surface area contributed by atoms with Crippen LogP contribution in [0.5, 0.6) is 0 Å². The van der Waals surface area contributed by atoms with Gasteiger partial charge >= 0.3 is 0 Å². The molecule has 110 valence electrons. The summed E-state index contributed by atoms with van der Waals surface area (Å²) >= 11 is 3.52. The molecule has 3 nitrogen and oxygen atoms in total. The summed E-state index contributed by atoms with van der Waals surface area (Å²) in [5.74, 6) is 0. The van der Waals surface area contributed by atoms with E-state index in [2.05, 4.69) is 74.3 Å². The number of halogens is 1. The summed E-state index contributed by atoms with van der Waals surface area (Å²) < 4.78 is 1.09. The van der Waals surface area contributed by atoms with E-state index >= 15 is 0 Å². The minimum atomic E-state index is 0.577. The minimum Gasteiger partial charge on any atom is -0.368 e. The number of nitrogens with two attached hydrogens (primary N) is 1. The second-order valence-electron chi connectivity index (χ2n) is 5.29. The average molecular weight is 346 g/mol. The zero-order chi connectivity index (χ0) is 14.7. The van der Waals surface area contributed by atoms with Crippen LogP contribution in [0.15, 0.2) is 53.0 Å². The topological polar surface area (TPSA) is 32.5 Å². The largest absolute Gasteiger partial charge is 0.368 e. The lowest BCUT2D eigenvalue weighted by molar-refractivity contribution is 0.651. The molecule has 2 aromatic carbocycles. The minimum absolute atomic E-state index is 0.577. The average Bonchev–Trinajstić information content (AvgIpc) is 2.56. The van der Waals surface area contributed by atoms with E-state index < -0.39 is 0 Å². The van der Waals surface area contributed by atoms with Crippen molar-refractivity contribution in [1.82, 2.24) is 0 Å². The second kappa shape index (κ2) is 6.50.